The molecule has 0 radical (unpaired) electrons. The third kappa shape index (κ3) is 1.40. The zero-order valence-electron chi connectivity index (χ0n) is 6.75. The number of benzene rings is 1. The molecular weight excluding hydrogens is 175 g/mol. The Bertz CT molecular complexity index is 349. The number of carbonyl (C=O) groups is 1. The van der Waals surface area contributed by atoms with Gasteiger partial charge in [-0.1, -0.05) is 0 Å². The van der Waals surface area contributed by atoms with Gasteiger partial charge in [0.1, 0.15) is 11.6 Å². The molecule has 3 nitrogen and oxygen atoms in total. The highest BCUT2D eigenvalue weighted by molar-refractivity contribution is 5.78. The van der Waals surface area contributed by atoms with Crippen LogP contribution in [-0.2, 0) is 11.3 Å². The maximum Gasteiger partial charge on any atom is 0.189 e. The average Bonchev–Trinajstić information content (AvgIpc) is 2.16. The van der Waals surface area contributed by atoms with Crippen molar-refractivity contribution in [2.24, 2.45) is 0 Å². The number of hydrogen-bond donors (Lipinski definition) is 0. The number of carbonyl (C=O) groups excluding carboxylic acids is 1. The van der Waals surface area contributed by atoms with Gasteiger partial charge in [0.25, 0.3) is 0 Å². The summed E-state index contributed by atoms with van der Waals surface area (Å²) in [4.78, 5) is 10.6. The summed E-state index contributed by atoms with van der Waals surface area (Å²) in [5, 5.41) is 0. The summed E-state index contributed by atoms with van der Waals surface area (Å²) in [6.45, 7) is 0.401. The number of aldehydes is 1. The minimum absolute atomic E-state index is 0.106. The molecular formula is C9H7FO3. The summed E-state index contributed by atoms with van der Waals surface area (Å²) in [6.07, 6.45) is 0.597. The van der Waals surface area contributed by atoms with E-state index in [1.807, 2.05) is 0 Å². The minimum atomic E-state index is -0.470. The molecule has 2 rings (SSSR count). The van der Waals surface area contributed by atoms with Crippen molar-refractivity contribution < 1.29 is 18.7 Å². The molecule has 0 N–H and O–H groups in total. The fourth-order valence-electron chi connectivity index (χ4n) is 1.27. The molecule has 1 aromatic carbocycles. The van der Waals surface area contributed by atoms with Gasteiger partial charge in [0, 0.05) is 17.2 Å². The predicted octanol–water partition coefficient (Wildman–Crippen LogP) is 1.50. The van der Waals surface area contributed by atoms with E-state index < -0.39 is 5.82 Å². The fraction of sp³-hybridized carbons (Fsp3) is 0.222. The van der Waals surface area contributed by atoms with Crippen LogP contribution in [0.25, 0.3) is 0 Å². The molecule has 0 saturated carbocycles. The molecule has 0 bridgehead atoms. The van der Waals surface area contributed by atoms with Crippen LogP contribution in [0.4, 0.5) is 4.39 Å². The van der Waals surface area contributed by atoms with E-state index in [9.17, 15) is 9.18 Å². The van der Waals surface area contributed by atoms with E-state index >= 15 is 0 Å². The number of rotatable bonds is 1. The van der Waals surface area contributed by atoms with Gasteiger partial charge in [-0.15, -0.1) is 0 Å². The van der Waals surface area contributed by atoms with E-state index in [4.69, 9.17) is 9.47 Å². The molecule has 0 fully saturated rings. The van der Waals surface area contributed by atoms with Gasteiger partial charge < -0.3 is 9.47 Å². The minimum Gasteiger partial charge on any atom is -0.467 e. The van der Waals surface area contributed by atoms with E-state index in [-0.39, 0.29) is 12.4 Å². The maximum atomic E-state index is 12.9. The molecule has 1 aliphatic heterocycles. The van der Waals surface area contributed by atoms with Crippen molar-refractivity contribution in [3.05, 3.63) is 29.1 Å². The molecule has 0 spiro atoms. The summed E-state index contributed by atoms with van der Waals surface area (Å²) >= 11 is 0. The van der Waals surface area contributed by atoms with Crippen molar-refractivity contribution in [1.29, 1.82) is 0 Å². The van der Waals surface area contributed by atoms with Crippen molar-refractivity contribution in [3.8, 4) is 5.75 Å². The summed E-state index contributed by atoms with van der Waals surface area (Å²) in [7, 11) is 0. The lowest BCUT2D eigenvalue weighted by molar-refractivity contribution is -0.0168. The Morgan fingerprint density at radius 1 is 1.46 bits per heavy atom. The number of halogens is 1. The molecule has 0 aromatic heterocycles. The Hall–Kier alpha value is -1.42. The third-order valence-electron chi connectivity index (χ3n) is 1.88. The lowest BCUT2D eigenvalue weighted by atomic mass is 10.1. The Labute approximate surface area is 74.1 Å². The second-order valence-corrected chi connectivity index (χ2v) is 2.70. The first kappa shape index (κ1) is 8.19. The molecule has 1 aliphatic rings. The Morgan fingerprint density at radius 3 is 3.08 bits per heavy atom. The van der Waals surface area contributed by atoms with Crippen LogP contribution in [0.1, 0.15) is 15.9 Å². The van der Waals surface area contributed by atoms with Crippen LogP contribution in [0.3, 0.4) is 0 Å². The van der Waals surface area contributed by atoms with Crippen molar-refractivity contribution in [1.82, 2.24) is 0 Å². The fourth-order valence-corrected chi connectivity index (χ4v) is 1.27. The SMILES string of the molecule is O=Cc1cc(F)cc2c1COCO2. The van der Waals surface area contributed by atoms with E-state index in [0.717, 1.165) is 0 Å². The summed E-state index contributed by atoms with van der Waals surface area (Å²) < 4.78 is 22.9. The maximum absolute atomic E-state index is 12.9. The van der Waals surface area contributed by atoms with Crippen molar-refractivity contribution in [3.63, 3.8) is 0 Å². The van der Waals surface area contributed by atoms with Crippen LogP contribution in [0.2, 0.25) is 0 Å². The summed E-state index contributed by atoms with van der Waals surface area (Å²) in [6, 6.07) is 2.43. The van der Waals surface area contributed by atoms with Crippen LogP contribution < -0.4 is 4.74 Å². The largest absolute Gasteiger partial charge is 0.467 e. The smallest absolute Gasteiger partial charge is 0.189 e. The molecule has 13 heavy (non-hydrogen) atoms. The summed E-state index contributed by atoms with van der Waals surface area (Å²) in [5.41, 5.74) is 0.900. The van der Waals surface area contributed by atoms with E-state index in [1.54, 1.807) is 0 Å². The third-order valence-corrected chi connectivity index (χ3v) is 1.88. The first-order chi connectivity index (χ1) is 6.31. The Balaban J connectivity index is 2.56. The molecule has 1 heterocycles. The first-order valence-electron chi connectivity index (χ1n) is 3.79. The number of hydrogen-bond acceptors (Lipinski definition) is 3. The van der Waals surface area contributed by atoms with Crippen molar-refractivity contribution in [2.75, 3.05) is 6.79 Å². The van der Waals surface area contributed by atoms with E-state index in [2.05, 4.69) is 0 Å². The molecule has 0 amide bonds. The summed E-state index contributed by atoms with van der Waals surface area (Å²) in [5.74, 6) is -0.0731. The standard InChI is InChI=1S/C9H7FO3/c10-7-1-6(3-11)8-4-12-5-13-9(8)2-7/h1-3H,4-5H2. The van der Waals surface area contributed by atoms with Crippen LogP contribution in [0, 0.1) is 5.82 Å². The zero-order valence-corrected chi connectivity index (χ0v) is 6.75. The van der Waals surface area contributed by atoms with Gasteiger partial charge in [-0.05, 0) is 6.07 Å². The molecule has 68 valence electrons. The van der Waals surface area contributed by atoms with Crippen LogP contribution in [0.15, 0.2) is 12.1 Å². The monoisotopic (exact) mass is 182 g/mol. The molecule has 0 atom stereocenters. The van der Waals surface area contributed by atoms with E-state index in [1.165, 1.54) is 12.1 Å². The Kier molecular flexibility index (Phi) is 1.98. The highest BCUT2D eigenvalue weighted by Crippen LogP contribution is 2.27. The lowest BCUT2D eigenvalue weighted by Crippen LogP contribution is -2.13. The molecule has 0 unspecified atom stereocenters. The Morgan fingerprint density at radius 2 is 2.31 bits per heavy atom. The van der Waals surface area contributed by atoms with Gasteiger partial charge in [-0.2, -0.15) is 0 Å². The topological polar surface area (TPSA) is 35.5 Å². The van der Waals surface area contributed by atoms with Crippen molar-refractivity contribution >= 4 is 6.29 Å². The molecule has 4 heteroatoms. The first-order valence-corrected chi connectivity index (χ1v) is 3.79. The molecule has 1 aromatic rings. The van der Waals surface area contributed by atoms with Gasteiger partial charge in [0.15, 0.2) is 13.1 Å². The lowest BCUT2D eigenvalue weighted by Gasteiger charge is -2.18. The van der Waals surface area contributed by atoms with Crippen molar-refractivity contribution in [2.45, 2.75) is 6.61 Å². The number of fused-ring (bicyclic) bond motifs is 1. The second-order valence-electron chi connectivity index (χ2n) is 2.70. The zero-order chi connectivity index (χ0) is 9.26. The second kappa shape index (κ2) is 3.14. The normalized spacial score (nSPS) is 14.5. The highest BCUT2D eigenvalue weighted by atomic mass is 19.1. The van der Waals surface area contributed by atoms with Crippen LogP contribution in [0.5, 0.6) is 5.75 Å². The molecule has 0 saturated heterocycles. The van der Waals surface area contributed by atoms with Gasteiger partial charge in [0.05, 0.1) is 6.61 Å². The highest BCUT2D eigenvalue weighted by Gasteiger charge is 2.15. The average molecular weight is 182 g/mol. The van der Waals surface area contributed by atoms with E-state index in [0.29, 0.717) is 24.2 Å². The predicted molar refractivity (Wildman–Crippen MR) is 42.1 cm³/mol. The number of ether oxygens (including phenoxy) is 2. The van der Waals surface area contributed by atoms with Gasteiger partial charge in [-0.3, -0.25) is 4.79 Å². The van der Waals surface area contributed by atoms with Gasteiger partial charge >= 0.3 is 0 Å². The van der Waals surface area contributed by atoms with Crippen LogP contribution in [-0.4, -0.2) is 13.1 Å². The van der Waals surface area contributed by atoms with Gasteiger partial charge in [0.2, 0.25) is 0 Å². The quantitative estimate of drug-likeness (QED) is 0.617. The van der Waals surface area contributed by atoms with Crippen LogP contribution >= 0.6 is 0 Å². The molecule has 0 aliphatic carbocycles. The van der Waals surface area contributed by atoms with Gasteiger partial charge in [-0.25, -0.2) is 4.39 Å².